The van der Waals surface area contributed by atoms with Gasteiger partial charge in [-0.25, -0.2) is 4.79 Å². The van der Waals surface area contributed by atoms with Crippen molar-refractivity contribution in [2.24, 2.45) is 0 Å². The molecule has 152 valence electrons. The molecule has 30 heavy (non-hydrogen) atoms. The predicted octanol–water partition coefficient (Wildman–Crippen LogP) is 2.74. The van der Waals surface area contributed by atoms with Crippen LogP contribution in [0, 0.1) is 0 Å². The molecule has 0 aliphatic heterocycles. The Morgan fingerprint density at radius 1 is 1.00 bits per heavy atom. The van der Waals surface area contributed by atoms with Gasteiger partial charge in [0, 0.05) is 29.6 Å². The first-order chi connectivity index (χ1) is 14.5. The smallest absolute Gasteiger partial charge is 0.407 e. The molecule has 0 saturated carbocycles. The van der Waals surface area contributed by atoms with Crippen LogP contribution in [-0.2, 0) is 4.74 Å². The van der Waals surface area contributed by atoms with Crippen molar-refractivity contribution >= 4 is 42.5 Å². The van der Waals surface area contributed by atoms with Crippen LogP contribution in [0.5, 0.6) is 0 Å². The molecule has 1 aliphatic carbocycles. The van der Waals surface area contributed by atoms with Crippen LogP contribution in [-0.4, -0.2) is 32.8 Å². The number of hydrogen-bond donors (Lipinski definition) is 3. The Hall–Kier alpha value is -3.06. The molecule has 5 N–H and O–H groups in total. The topological polar surface area (TPSA) is 90.4 Å². The van der Waals surface area contributed by atoms with Gasteiger partial charge in [-0.1, -0.05) is 54.0 Å². The van der Waals surface area contributed by atoms with Gasteiger partial charge < -0.3 is 21.5 Å². The van der Waals surface area contributed by atoms with Crippen LogP contribution in [0.1, 0.15) is 17.0 Å². The van der Waals surface area contributed by atoms with E-state index in [4.69, 9.17) is 16.2 Å². The summed E-state index contributed by atoms with van der Waals surface area (Å²) < 4.78 is 5.55. The van der Waals surface area contributed by atoms with Crippen molar-refractivity contribution in [3.8, 4) is 11.1 Å². The molecular formula is C23H24BN3O2S. The number of nitrogens with two attached hydrogens (primary N) is 2. The SMILES string of the molecule is Bc1cc(N)c(SCCNC(=O)OCC2c3ccccc3-c3ccccc32)c(N)c1. The lowest BCUT2D eigenvalue weighted by atomic mass is 9.95. The zero-order valence-electron chi connectivity index (χ0n) is 16.9. The molecule has 3 aromatic carbocycles. The molecule has 0 saturated heterocycles. The van der Waals surface area contributed by atoms with E-state index in [-0.39, 0.29) is 5.92 Å². The molecule has 1 aliphatic rings. The van der Waals surface area contributed by atoms with Crippen LogP contribution in [0.3, 0.4) is 0 Å². The number of thioether (sulfide) groups is 1. The summed E-state index contributed by atoms with van der Waals surface area (Å²) in [6, 6.07) is 20.4. The minimum atomic E-state index is -0.415. The lowest BCUT2D eigenvalue weighted by Crippen LogP contribution is -2.28. The fourth-order valence-corrected chi connectivity index (χ4v) is 4.81. The summed E-state index contributed by atoms with van der Waals surface area (Å²) in [6.45, 7) is 0.777. The van der Waals surface area contributed by atoms with Gasteiger partial charge in [-0.05, 0) is 34.4 Å². The monoisotopic (exact) mass is 417 g/mol. The Labute approximate surface area is 181 Å². The number of rotatable bonds is 6. The second-order valence-electron chi connectivity index (χ2n) is 7.37. The first-order valence-electron chi connectivity index (χ1n) is 9.92. The standard InChI is InChI=1S/C23H24BN3O2S/c24-14-11-20(25)22(21(26)12-14)30-10-9-27-23(28)29-13-19-17-7-3-1-5-15(17)16-6-2-4-8-18(16)19/h1-8,11-12,19H,9-10,13,24-26H2,(H,27,28). The van der Waals surface area contributed by atoms with E-state index in [0.717, 1.165) is 10.4 Å². The number of benzene rings is 3. The van der Waals surface area contributed by atoms with Gasteiger partial charge in [-0.2, -0.15) is 0 Å². The molecule has 0 aromatic heterocycles. The maximum Gasteiger partial charge on any atom is 0.407 e. The minimum Gasteiger partial charge on any atom is -0.449 e. The van der Waals surface area contributed by atoms with Gasteiger partial charge in [0.2, 0.25) is 0 Å². The number of fused-ring (bicyclic) bond motifs is 3. The highest BCUT2D eigenvalue weighted by Gasteiger charge is 2.28. The van der Waals surface area contributed by atoms with Crippen molar-refractivity contribution in [1.29, 1.82) is 0 Å². The summed E-state index contributed by atoms with van der Waals surface area (Å²) >= 11 is 1.53. The van der Waals surface area contributed by atoms with Crippen molar-refractivity contribution in [2.45, 2.75) is 10.8 Å². The number of amides is 1. The van der Waals surface area contributed by atoms with Gasteiger partial charge in [-0.15, -0.1) is 11.8 Å². The molecular weight excluding hydrogens is 393 g/mol. The van der Waals surface area contributed by atoms with E-state index in [2.05, 4.69) is 29.6 Å². The number of nitrogen functional groups attached to an aromatic ring is 2. The van der Waals surface area contributed by atoms with E-state index < -0.39 is 6.09 Å². The third-order valence-electron chi connectivity index (χ3n) is 5.25. The number of carbonyl (C=O) groups is 1. The first kappa shape index (κ1) is 20.2. The van der Waals surface area contributed by atoms with E-state index >= 15 is 0 Å². The van der Waals surface area contributed by atoms with E-state index in [1.165, 1.54) is 34.0 Å². The average Bonchev–Trinajstić information content (AvgIpc) is 3.05. The zero-order chi connectivity index (χ0) is 21.1. The van der Waals surface area contributed by atoms with Crippen LogP contribution in [0.25, 0.3) is 11.1 Å². The number of carbonyl (C=O) groups excluding carboxylic acids is 1. The summed E-state index contributed by atoms with van der Waals surface area (Å²) in [5, 5.41) is 2.81. The zero-order valence-corrected chi connectivity index (χ0v) is 17.7. The van der Waals surface area contributed by atoms with Crippen molar-refractivity contribution in [3.63, 3.8) is 0 Å². The molecule has 1 amide bonds. The highest BCUT2D eigenvalue weighted by molar-refractivity contribution is 7.99. The molecule has 0 unspecified atom stereocenters. The summed E-state index contributed by atoms with van der Waals surface area (Å²) in [6.07, 6.45) is -0.415. The summed E-state index contributed by atoms with van der Waals surface area (Å²) in [5.74, 6) is 0.714. The predicted molar refractivity (Wildman–Crippen MR) is 127 cm³/mol. The minimum absolute atomic E-state index is 0.0599. The quantitative estimate of drug-likeness (QED) is 0.248. The molecule has 0 bridgehead atoms. The lowest BCUT2D eigenvalue weighted by Gasteiger charge is -2.15. The Morgan fingerprint density at radius 2 is 1.57 bits per heavy atom. The third-order valence-corrected chi connectivity index (χ3v) is 6.42. The normalized spacial score (nSPS) is 12.3. The Bertz CT molecular complexity index is 1020. The third kappa shape index (κ3) is 4.12. The number of alkyl carbamates (subject to hydrolysis) is 1. The number of nitrogens with one attached hydrogen (secondary N) is 1. The molecule has 0 spiro atoms. The summed E-state index contributed by atoms with van der Waals surface area (Å²) in [7, 11) is 1.96. The van der Waals surface area contributed by atoms with E-state index in [0.29, 0.717) is 30.3 Å². The van der Waals surface area contributed by atoms with Crippen molar-refractivity contribution in [1.82, 2.24) is 5.32 Å². The average molecular weight is 417 g/mol. The molecule has 0 heterocycles. The van der Waals surface area contributed by atoms with Crippen LogP contribution in [0.2, 0.25) is 0 Å². The lowest BCUT2D eigenvalue weighted by molar-refractivity contribution is 0.143. The maximum atomic E-state index is 12.2. The first-order valence-corrected chi connectivity index (χ1v) is 10.9. The van der Waals surface area contributed by atoms with E-state index in [9.17, 15) is 4.79 Å². The van der Waals surface area contributed by atoms with E-state index in [1.807, 2.05) is 44.2 Å². The maximum absolute atomic E-state index is 12.2. The largest absolute Gasteiger partial charge is 0.449 e. The van der Waals surface area contributed by atoms with Crippen molar-refractivity contribution in [2.75, 3.05) is 30.4 Å². The van der Waals surface area contributed by atoms with Gasteiger partial charge >= 0.3 is 6.09 Å². The van der Waals surface area contributed by atoms with Gasteiger partial charge in [0.1, 0.15) is 14.5 Å². The number of ether oxygens (including phenoxy) is 1. The molecule has 0 radical (unpaired) electrons. The van der Waals surface area contributed by atoms with Gasteiger partial charge in [0.25, 0.3) is 0 Å². The molecule has 7 heteroatoms. The Morgan fingerprint density at radius 3 is 2.17 bits per heavy atom. The molecule has 0 atom stereocenters. The molecule has 5 nitrogen and oxygen atoms in total. The van der Waals surface area contributed by atoms with Crippen molar-refractivity contribution < 1.29 is 9.53 Å². The number of anilines is 2. The van der Waals surface area contributed by atoms with Crippen molar-refractivity contribution in [3.05, 3.63) is 71.8 Å². The molecule has 4 rings (SSSR count). The Kier molecular flexibility index (Phi) is 5.90. The highest BCUT2D eigenvalue weighted by Crippen LogP contribution is 2.44. The second kappa shape index (κ2) is 8.75. The fraction of sp³-hybridized carbons (Fsp3) is 0.174. The van der Waals surface area contributed by atoms with Gasteiger partial charge in [0.05, 0.1) is 4.90 Å². The van der Waals surface area contributed by atoms with Gasteiger partial charge in [-0.3, -0.25) is 0 Å². The fourth-order valence-electron chi connectivity index (χ4n) is 3.95. The summed E-state index contributed by atoms with van der Waals surface area (Å²) in [5.41, 5.74) is 19.3. The Balaban J connectivity index is 1.30. The van der Waals surface area contributed by atoms with Crippen LogP contribution < -0.4 is 22.2 Å². The molecule has 3 aromatic rings. The number of hydrogen-bond acceptors (Lipinski definition) is 5. The van der Waals surface area contributed by atoms with Crippen LogP contribution >= 0.6 is 11.8 Å². The van der Waals surface area contributed by atoms with Crippen LogP contribution in [0.15, 0.2) is 65.6 Å². The van der Waals surface area contributed by atoms with Gasteiger partial charge in [0.15, 0.2) is 0 Å². The van der Waals surface area contributed by atoms with E-state index in [1.54, 1.807) is 0 Å². The highest BCUT2D eigenvalue weighted by atomic mass is 32.2. The van der Waals surface area contributed by atoms with Crippen LogP contribution in [0.4, 0.5) is 16.2 Å². The summed E-state index contributed by atoms with van der Waals surface area (Å²) in [4.78, 5) is 13.1. The second-order valence-corrected chi connectivity index (χ2v) is 8.48. The molecule has 0 fully saturated rings.